The minimum Gasteiger partial charge on any atom is -0.317 e. The molecule has 1 N–H and O–H groups in total. The first-order valence-electron chi connectivity index (χ1n) is 7.09. The van der Waals surface area contributed by atoms with Crippen LogP contribution in [0.15, 0.2) is 6.20 Å². The topological polar surface area (TPSA) is 33.1 Å². The SMILES string of the molecule is CNC1CC2CCC(C1)N2Cc1cn(C)nc1C. The summed E-state index contributed by atoms with van der Waals surface area (Å²) >= 11 is 0. The maximum atomic E-state index is 4.46. The van der Waals surface area contributed by atoms with E-state index in [2.05, 4.69) is 35.5 Å². The lowest BCUT2D eigenvalue weighted by Gasteiger charge is -2.38. The van der Waals surface area contributed by atoms with Gasteiger partial charge < -0.3 is 5.32 Å². The van der Waals surface area contributed by atoms with Gasteiger partial charge in [-0.2, -0.15) is 5.10 Å². The Morgan fingerprint density at radius 3 is 2.50 bits per heavy atom. The average Bonchev–Trinajstić information content (AvgIpc) is 2.77. The predicted octanol–water partition coefficient (Wildman–Crippen LogP) is 1.44. The van der Waals surface area contributed by atoms with Gasteiger partial charge in [0.25, 0.3) is 0 Å². The number of nitrogens with one attached hydrogen (secondary N) is 1. The molecule has 2 saturated heterocycles. The Balaban J connectivity index is 1.73. The van der Waals surface area contributed by atoms with E-state index in [4.69, 9.17) is 0 Å². The lowest BCUT2D eigenvalue weighted by molar-refractivity contribution is 0.111. The van der Waals surface area contributed by atoms with Crippen LogP contribution in [0.4, 0.5) is 0 Å². The van der Waals surface area contributed by atoms with Crippen LogP contribution in [0.5, 0.6) is 0 Å². The molecule has 0 radical (unpaired) electrons. The minimum atomic E-state index is 0.730. The normalized spacial score (nSPS) is 32.1. The van der Waals surface area contributed by atoms with Gasteiger partial charge in [0.2, 0.25) is 0 Å². The van der Waals surface area contributed by atoms with Gasteiger partial charge in [0.05, 0.1) is 5.69 Å². The van der Waals surface area contributed by atoms with Crippen molar-refractivity contribution in [2.24, 2.45) is 7.05 Å². The average molecular weight is 248 g/mol. The number of rotatable bonds is 3. The summed E-state index contributed by atoms with van der Waals surface area (Å²) in [5.74, 6) is 0. The minimum absolute atomic E-state index is 0.730. The van der Waals surface area contributed by atoms with Crippen LogP contribution in [0.2, 0.25) is 0 Å². The van der Waals surface area contributed by atoms with Crippen LogP contribution in [0.3, 0.4) is 0 Å². The van der Waals surface area contributed by atoms with Crippen molar-refractivity contribution < 1.29 is 0 Å². The number of hydrogen-bond donors (Lipinski definition) is 1. The van der Waals surface area contributed by atoms with E-state index in [-0.39, 0.29) is 0 Å². The molecule has 0 amide bonds. The zero-order chi connectivity index (χ0) is 12.7. The molecule has 0 aliphatic carbocycles. The second-order valence-electron chi connectivity index (χ2n) is 5.93. The van der Waals surface area contributed by atoms with Gasteiger partial charge in [0, 0.05) is 43.5 Å². The van der Waals surface area contributed by atoms with Crippen molar-refractivity contribution in [2.45, 2.75) is 57.3 Å². The molecule has 18 heavy (non-hydrogen) atoms. The molecule has 2 aliphatic heterocycles. The van der Waals surface area contributed by atoms with Crippen LogP contribution in [0.25, 0.3) is 0 Å². The molecule has 1 aromatic heterocycles. The fraction of sp³-hybridized carbons (Fsp3) is 0.786. The summed E-state index contributed by atoms with van der Waals surface area (Å²) in [7, 11) is 4.11. The van der Waals surface area contributed by atoms with Crippen LogP contribution in [-0.2, 0) is 13.6 Å². The standard InChI is InChI=1S/C14H24N4/c1-10-11(8-17(3)16-10)9-18-13-4-5-14(18)7-12(6-13)15-2/h8,12-15H,4-7,9H2,1-3H3. The highest BCUT2D eigenvalue weighted by molar-refractivity contribution is 5.16. The second-order valence-corrected chi connectivity index (χ2v) is 5.93. The monoisotopic (exact) mass is 248 g/mol. The Morgan fingerprint density at radius 1 is 1.33 bits per heavy atom. The summed E-state index contributed by atoms with van der Waals surface area (Å²) in [6.45, 7) is 3.21. The smallest absolute Gasteiger partial charge is 0.0638 e. The molecule has 100 valence electrons. The van der Waals surface area contributed by atoms with Crippen molar-refractivity contribution >= 4 is 0 Å². The van der Waals surface area contributed by atoms with E-state index in [0.717, 1.165) is 24.7 Å². The Kier molecular flexibility index (Phi) is 3.16. The molecule has 4 nitrogen and oxygen atoms in total. The molecule has 2 fully saturated rings. The van der Waals surface area contributed by atoms with Crippen LogP contribution in [-0.4, -0.2) is 39.9 Å². The van der Waals surface area contributed by atoms with Crippen molar-refractivity contribution in [1.82, 2.24) is 20.0 Å². The van der Waals surface area contributed by atoms with Gasteiger partial charge in [-0.25, -0.2) is 0 Å². The zero-order valence-electron chi connectivity index (χ0n) is 11.7. The van der Waals surface area contributed by atoms with Gasteiger partial charge in [-0.05, 0) is 39.7 Å². The highest BCUT2D eigenvalue weighted by atomic mass is 15.3. The van der Waals surface area contributed by atoms with Crippen LogP contribution < -0.4 is 5.32 Å². The van der Waals surface area contributed by atoms with Gasteiger partial charge in [-0.15, -0.1) is 0 Å². The summed E-state index contributed by atoms with van der Waals surface area (Å²) in [5.41, 5.74) is 2.59. The number of fused-ring (bicyclic) bond motifs is 2. The van der Waals surface area contributed by atoms with Crippen molar-refractivity contribution in [3.05, 3.63) is 17.5 Å². The zero-order valence-corrected chi connectivity index (χ0v) is 11.7. The first kappa shape index (κ1) is 12.2. The third kappa shape index (κ3) is 2.08. The molecule has 0 spiro atoms. The van der Waals surface area contributed by atoms with Crippen molar-refractivity contribution in [2.75, 3.05) is 7.05 Å². The van der Waals surface area contributed by atoms with Crippen molar-refractivity contribution in [3.8, 4) is 0 Å². The van der Waals surface area contributed by atoms with E-state index in [1.807, 2.05) is 11.7 Å². The van der Waals surface area contributed by atoms with Crippen molar-refractivity contribution in [1.29, 1.82) is 0 Å². The number of nitrogens with zero attached hydrogens (tertiary/aromatic N) is 3. The van der Waals surface area contributed by atoms with Gasteiger partial charge in [0.15, 0.2) is 0 Å². The maximum absolute atomic E-state index is 4.46. The molecule has 3 heterocycles. The maximum Gasteiger partial charge on any atom is 0.0638 e. The van der Waals surface area contributed by atoms with Crippen molar-refractivity contribution in [3.63, 3.8) is 0 Å². The quantitative estimate of drug-likeness (QED) is 0.879. The number of hydrogen-bond acceptors (Lipinski definition) is 3. The molecule has 0 aromatic carbocycles. The summed E-state index contributed by atoms with van der Waals surface area (Å²) in [6.07, 6.45) is 7.56. The van der Waals surface area contributed by atoms with Gasteiger partial charge >= 0.3 is 0 Å². The first-order valence-corrected chi connectivity index (χ1v) is 7.09. The predicted molar refractivity (Wildman–Crippen MR) is 72.4 cm³/mol. The molecule has 2 aliphatic rings. The molecule has 2 unspecified atom stereocenters. The highest BCUT2D eigenvalue weighted by Crippen LogP contribution is 2.36. The Hall–Kier alpha value is -0.870. The molecule has 3 rings (SSSR count). The van der Waals surface area contributed by atoms with E-state index in [1.165, 1.54) is 36.9 Å². The third-order valence-corrected chi connectivity index (χ3v) is 4.76. The van der Waals surface area contributed by atoms with Crippen LogP contribution >= 0.6 is 0 Å². The van der Waals surface area contributed by atoms with Crippen LogP contribution in [0, 0.1) is 6.92 Å². The summed E-state index contributed by atoms with van der Waals surface area (Å²) in [6, 6.07) is 2.29. The Morgan fingerprint density at radius 2 is 2.00 bits per heavy atom. The molecular formula is C14H24N4. The third-order valence-electron chi connectivity index (χ3n) is 4.76. The number of aryl methyl sites for hydroxylation is 2. The fourth-order valence-corrected chi connectivity index (χ4v) is 3.77. The Bertz CT molecular complexity index is 411. The van der Waals surface area contributed by atoms with Gasteiger partial charge in [-0.3, -0.25) is 9.58 Å². The summed E-state index contributed by atoms with van der Waals surface area (Å²) in [5, 5.41) is 7.92. The molecule has 4 heteroatoms. The van der Waals surface area contributed by atoms with Gasteiger partial charge in [0.1, 0.15) is 0 Å². The molecule has 0 saturated carbocycles. The Labute approximate surface area is 109 Å². The van der Waals surface area contributed by atoms with E-state index in [1.54, 1.807) is 0 Å². The lowest BCUT2D eigenvalue weighted by atomic mass is 9.97. The second kappa shape index (κ2) is 4.67. The van der Waals surface area contributed by atoms with E-state index in [0.29, 0.717) is 0 Å². The van der Waals surface area contributed by atoms with E-state index in [9.17, 15) is 0 Å². The molecule has 1 aromatic rings. The number of piperidine rings is 1. The number of aromatic nitrogens is 2. The highest BCUT2D eigenvalue weighted by Gasteiger charge is 2.40. The molecular weight excluding hydrogens is 224 g/mol. The fourth-order valence-electron chi connectivity index (χ4n) is 3.77. The summed E-state index contributed by atoms with van der Waals surface area (Å²) in [4.78, 5) is 2.72. The molecule has 2 atom stereocenters. The summed E-state index contributed by atoms with van der Waals surface area (Å²) < 4.78 is 1.94. The van der Waals surface area contributed by atoms with E-state index >= 15 is 0 Å². The first-order chi connectivity index (χ1) is 8.67. The van der Waals surface area contributed by atoms with Crippen LogP contribution in [0.1, 0.15) is 36.9 Å². The lowest BCUT2D eigenvalue weighted by Crippen LogP contribution is -2.47. The molecule has 2 bridgehead atoms. The largest absolute Gasteiger partial charge is 0.317 e. The van der Waals surface area contributed by atoms with Gasteiger partial charge in [-0.1, -0.05) is 0 Å². The van der Waals surface area contributed by atoms with E-state index < -0.39 is 0 Å².